The molecule has 1 saturated heterocycles. The zero-order valence-corrected chi connectivity index (χ0v) is 11.9. The summed E-state index contributed by atoms with van der Waals surface area (Å²) < 4.78 is 11.0. The van der Waals surface area contributed by atoms with Gasteiger partial charge >= 0.3 is 0 Å². The lowest BCUT2D eigenvalue weighted by molar-refractivity contribution is 0.0253. The Labute approximate surface area is 118 Å². The summed E-state index contributed by atoms with van der Waals surface area (Å²) in [5.41, 5.74) is 0.915. The van der Waals surface area contributed by atoms with Gasteiger partial charge in [-0.15, -0.1) is 0 Å². The fourth-order valence-corrected chi connectivity index (χ4v) is 2.55. The highest BCUT2D eigenvalue weighted by Crippen LogP contribution is 2.24. The van der Waals surface area contributed by atoms with Gasteiger partial charge in [-0.05, 0) is 37.9 Å². The quantitative estimate of drug-likeness (QED) is 0.933. The molecule has 0 amide bonds. The van der Waals surface area contributed by atoms with Gasteiger partial charge in [0.15, 0.2) is 5.76 Å². The maximum absolute atomic E-state index is 9.95. The van der Waals surface area contributed by atoms with Crippen molar-refractivity contribution in [2.75, 3.05) is 13.1 Å². The highest BCUT2D eigenvalue weighted by molar-refractivity contribution is 5.44. The number of aliphatic hydroxyl groups is 1. The lowest BCUT2D eigenvalue weighted by Crippen LogP contribution is -2.42. The van der Waals surface area contributed by atoms with Crippen molar-refractivity contribution >= 4 is 0 Å². The van der Waals surface area contributed by atoms with Crippen molar-refractivity contribution in [1.29, 1.82) is 0 Å². The number of aliphatic hydroxyl groups excluding tert-OH is 1. The third-order valence-electron chi connectivity index (χ3n) is 4.00. The molecule has 108 valence electrons. The Bertz CT molecular complexity index is 562. The minimum atomic E-state index is -0.250. The molecule has 2 unspecified atom stereocenters. The van der Waals surface area contributed by atoms with Gasteiger partial charge in [0.1, 0.15) is 5.76 Å². The third kappa shape index (κ3) is 2.64. The lowest BCUT2D eigenvalue weighted by atomic mass is 9.96. The van der Waals surface area contributed by atoms with E-state index in [0.717, 1.165) is 24.4 Å². The number of oxazole rings is 1. The zero-order valence-electron chi connectivity index (χ0n) is 11.9. The number of piperidine rings is 1. The van der Waals surface area contributed by atoms with E-state index in [1.165, 1.54) is 0 Å². The van der Waals surface area contributed by atoms with E-state index >= 15 is 0 Å². The summed E-state index contributed by atoms with van der Waals surface area (Å²) in [5.74, 6) is 2.35. The van der Waals surface area contributed by atoms with E-state index in [1.54, 1.807) is 6.26 Å². The van der Waals surface area contributed by atoms with Gasteiger partial charge in [0.05, 0.1) is 18.1 Å². The van der Waals surface area contributed by atoms with E-state index < -0.39 is 0 Å². The topological polar surface area (TPSA) is 62.6 Å². The first-order valence-corrected chi connectivity index (χ1v) is 7.04. The van der Waals surface area contributed by atoms with Crippen LogP contribution in [0.5, 0.6) is 0 Å². The normalized spacial score (nSPS) is 24.1. The van der Waals surface area contributed by atoms with Crippen LogP contribution in [0.15, 0.2) is 27.2 Å². The van der Waals surface area contributed by atoms with E-state index in [1.807, 2.05) is 19.1 Å². The van der Waals surface area contributed by atoms with Crippen LogP contribution in [0.25, 0.3) is 11.7 Å². The first kappa shape index (κ1) is 13.4. The molecule has 0 aromatic carbocycles. The minimum Gasteiger partial charge on any atom is -0.459 e. The fourth-order valence-electron chi connectivity index (χ4n) is 2.55. The van der Waals surface area contributed by atoms with Gasteiger partial charge in [0.2, 0.25) is 0 Å². The van der Waals surface area contributed by atoms with Gasteiger partial charge in [-0.3, -0.25) is 4.90 Å². The Morgan fingerprint density at radius 1 is 1.50 bits per heavy atom. The molecule has 0 spiro atoms. The molecule has 0 radical (unpaired) electrons. The van der Waals surface area contributed by atoms with Gasteiger partial charge in [-0.1, -0.05) is 6.92 Å². The average molecular weight is 276 g/mol. The smallest absolute Gasteiger partial charge is 0.263 e. The van der Waals surface area contributed by atoms with Crippen LogP contribution < -0.4 is 0 Å². The van der Waals surface area contributed by atoms with Crippen molar-refractivity contribution in [3.05, 3.63) is 29.9 Å². The average Bonchev–Trinajstić information content (AvgIpc) is 3.04. The molecule has 0 aliphatic carbocycles. The van der Waals surface area contributed by atoms with Crippen molar-refractivity contribution in [2.45, 2.75) is 32.9 Å². The third-order valence-corrected chi connectivity index (χ3v) is 4.00. The number of aromatic nitrogens is 1. The Morgan fingerprint density at radius 2 is 2.35 bits per heavy atom. The second kappa shape index (κ2) is 5.42. The van der Waals surface area contributed by atoms with Crippen molar-refractivity contribution in [1.82, 2.24) is 9.88 Å². The summed E-state index contributed by atoms with van der Waals surface area (Å²) in [6.45, 7) is 6.40. The van der Waals surface area contributed by atoms with Crippen LogP contribution in [-0.4, -0.2) is 34.2 Å². The zero-order chi connectivity index (χ0) is 14.1. The fraction of sp³-hybridized carbons (Fsp3) is 0.533. The highest BCUT2D eigenvalue weighted by Gasteiger charge is 2.25. The summed E-state index contributed by atoms with van der Waals surface area (Å²) in [6, 6.07) is 3.65. The summed E-state index contributed by atoms with van der Waals surface area (Å²) in [7, 11) is 0. The molecule has 1 fully saturated rings. The first-order valence-electron chi connectivity index (χ1n) is 7.04. The molecular formula is C15H20N2O3. The number of likely N-dealkylation sites (tertiary alicyclic amines) is 1. The molecule has 3 heterocycles. The highest BCUT2D eigenvalue weighted by atomic mass is 16.4. The van der Waals surface area contributed by atoms with Crippen molar-refractivity contribution in [3.8, 4) is 11.7 Å². The number of hydrogen-bond donors (Lipinski definition) is 1. The first-order chi connectivity index (χ1) is 9.63. The van der Waals surface area contributed by atoms with Gasteiger partial charge in [-0.25, -0.2) is 4.98 Å². The van der Waals surface area contributed by atoms with Gasteiger partial charge in [0, 0.05) is 13.1 Å². The summed E-state index contributed by atoms with van der Waals surface area (Å²) in [4.78, 5) is 6.73. The minimum absolute atomic E-state index is 0.250. The number of hydrogen-bond acceptors (Lipinski definition) is 5. The lowest BCUT2D eigenvalue weighted by Gasteiger charge is -2.33. The number of furan rings is 1. The molecule has 2 aromatic rings. The predicted octanol–water partition coefficient (Wildman–Crippen LogP) is 2.45. The predicted molar refractivity (Wildman–Crippen MR) is 74.0 cm³/mol. The van der Waals surface area contributed by atoms with E-state index in [0.29, 0.717) is 30.7 Å². The Hall–Kier alpha value is -1.59. The van der Waals surface area contributed by atoms with Crippen LogP contribution in [0.2, 0.25) is 0 Å². The molecule has 20 heavy (non-hydrogen) atoms. The number of rotatable bonds is 3. The molecule has 5 nitrogen and oxygen atoms in total. The Balaban J connectivity index is 1.72. The van der Waals surface area contributed by atoms with Crippen LogP contribution in [0.1, 0.15) is 24.8 Å². The van der Waals surface area contributed by atoms with Crippen LogP contribution in [0.4, 0.5) is 0 Å². The van der Waals surface area contributed by atoms with Gasteiger partial charge in [-0.2, -0.15) is 0 Å². The molecule has 0 saturated carbocycles. The molecular weight excluding hydrogens is 256 g/mol. The molecule has 5 heteroatoms. The molecule has 2 aromatic heterocycles. The molecule has 2 atom stereocenters. The SMILES string of the molecule is Cc1oc(-c2ccco2)nc1CN1CCC(C)C(O)C1. The maximum atomic E-state index is 9.95. The molecule has 0 bridgehead atoms. The second-order valence-electron chi connectivity index (χ2n) is 5.57. The van der Waals surface area contributed by atoms with Crippen LogP contribution in [-0.2, 0) is 6.54 Å². The largest absolute Gasteiger partial charge is 0.459 e. The molecule has 1 N–H and O–H groups in total. The van der Waals surface area contributed by atoms with Crippen LogP contribution in [0, 0.1) is 12.8 Å². The molecule has 3 rings (SSSR count). The Kier molecular flexibility index (Phi) is 3.63. The number of β-amino-alcohol motifs (C(OH)–C–C–N with tert-alkyl or cyclic N) is 1. The van der Waals surface area contributed by atoms with Crippen LogP contribution in [0.3, 0.4) is 0 Å². The van der Waals surface area contributed by atoms with E-state index in [4.69, 9.17) is 8.83 Å². The van der Waals surface area contributed by atoms with Gasteiger partial charge < -0.3 is 13.9 Å². The van der Waals surface area contributed by atoms with Crippen molar-refractivity contribution in [2.24, 2.45) is 5.92 Å². The molecule has 1 aliphatic rings. The molecule has 1 aliphatic heterocycles. The second-order valence-corrected chi connectivity index (χ2v) is 5.57. The monoisotopic (exact) mass is 276 g/mol. The maximum Gasteiger partial charge on any atom is 0.263 e. The van der Waals surface area contributed by atoms with E-state index in [9.17, 15) is 5.11 Å². The number of nitrogens with zero attached hydrogens (tertiary/aromatic N) is 2. The van der Waals surface area contributed by atoms with Crippen molar-refractivity contribution in [3.63, 3.8) is 0 Å². The van der Waals surface area contributed by atoms with E-state index in [2.05, 4.69) is 16.8 Å². The summed E-state index contributed by atoms with van der Waals surface area (Å²) in [6.07, 6.45) is 2.38. The number of aryl methyl sites for hydroxylation is 1. The summed E-state index contributed by atoms with van der Waals surface area (Å²) >= 11 is 0. The van der Waals surface area contributed by atoms with E-state index in [-0.39, 0.29) is 6.10 Å². The van der Waals surface area contributed by atoms with Crippen molar-refractivity contribution < 1.29 is 13.9 Å². The summed E-state index contributed by atoms with van der Waals surface area (Å²) in [5, 5.41) is 9.95. The standard InChI is InChI=1S/C15H20N2O3/c1-10-5-6-17(9-13(10)18)8-12-11(2)20-15(16-12)14-4-3-7-19-14/h3-4,7,10,13,18H,5-6,8-9H2,1-2H3. The Morgan fingerprint density at radius 3 is 3.05 bits per heavy atom. The van der Waals surface area contributed by atoms with Crippen LogP contribution >= 0.6 is 0 Å². The van der Waals surface area contributed by atoms with Gasteiger partial charge in [0.25, 0.3) is 5.89 Å².